The summed E-state index contributed by atoms with van der Waals surface area (Å²) in [7, 11) is 0. The van der Waals surface area contributed by atoms with Crippen LogP contribution in [0.3, 0.4) is 0 Å². The highest BCUT2D eigenvalue weighted by molar-refractivity contribution is 5.95. The highest BCUT2D eigenvalue weighted by Gasteiger charge is 2.55. The minimum atomic E-state index is -0.591. The number of nitrogens with zero attached hydrogens (tertiary/aromatic N) is 2. The monoisotopic (exact) mass is 396 g/mol. The van der Waals surface area contributed by atoms with E-state index in [-0.39, 0.29) is 47.4 Å². The summed E-state index contributed by atoms with van der Waals surface area (Å²) in [4.78, 5) is 33.0. The summed E-state index contributed by atoms with van der Waals surface area (Å²) < 4.78 is 14.4. The summed E-state index contributed by atoms with van der Waals surface area (Å²) in [5.74, 6) is -0.891. The summed E-state index contributed by atoms with van der Waals surface area (Å²) in [5.41, 5.74) is 6.80. The number of rotatable bonds is 1. The molecule has 2 aromatic rings. The molecule has 2 heterocycles. The molecule has 5 N–H and O–H groups in total. The van der Waals surface area contributed by atoms with Crippen LogP contribution in [0.1, 0.15) is 23.2 Å². The number of carbonyl (C=O) groups excluding carboxylic acids is 2. The second-order valence-corrected chi connectivity index (χ2v) is 8.06. The molecule has 0 radical (unpaired) electrons. The van der Waals surface area contributed by atoms with Gasteiger partial charge in [0.15, 0.2) is 11.6 Å². The van der Waals surface area contributed by atoms with E-state index in [4.69, 9.17) is 5.73 Å². The fraction of sp³-hybridized carbons (Fsp3) is 0.400. The van der Waals surface area contributed by atoms with E-state index in [1.807, 2.05) is 0 Å². The van der Waals surface area contributed by atoms with Crippen LogP contribution < -0.4 is 21.7 Å². The van der Waals surface area contributed by atoms with E-state index < -0.39 is 11.7 Å². The Balaban J connectivity index is 1.56. The molecule has 2 saturated carbocycles. The number of carbonyl (C=O) groups is 2. The number of fused-ring (bicyclic) bond motifs is 5. The van der Waals surface area contributed by atoms with E-state index in [9.17, 15) is 14.0 Å². The number of aromatic nitrogens is 2. The highest BCUT2D eigenvalue weighted by atomic mass is 19.1. The van der Waals surface area contributed by atoms with Crippen LogP contribution in [0.25, 0.3) is 0 Å². The molecule has 2 fully saturated rings. The average molecular weight is 396 g/mol. The Bertz CT molecular complexity index is 999. The SMILES string of the molecule is NC(=O)[C@H]1[C@@H]2CC3CNC(=O)c4cccc(c4)Nc4ncc(F)c(n4)N[C@@H]1[C@@H]3C2. The van der Waals surface area contributed by atoms with Crippen LogP contribution >= 0.6 is 0 Å². The second-order valence-electron chi connectivity index (χ2n) is 8.06. The molecule has 2 aliphatic carbocycles. The maximum atomic E-state index is 14.4. The third kappa shape index (κ3) is 3.06. The van der Waals surface area contributed by atoms with Gasteiger partial charge in [0.2, 0.25) is 11.9 Å². The van der Waals surface area contributed by atoms with Crippen LogP contribution in [-0.4, -0.2) is 34.4 Å². The van der Waals surface area contributed by atoms with Gasteiger partial charge in [0.05, 0.1) is 12.1 Å². The molecule has 0 spiro atoms. The number of nitrogens with two attached hydrogens (primary N) is 1. The van der Waals surface area contributed by atoms with Gasteiger partial charge in [0.25, 0.3) is 5.91 Å². The van der Waals surface area contributed by atoms with Gasteiger partial charge in [-0.2, -0.15) is 4.98 Å². The number of nitrogens with one attached hydrogen (secondary N) is 3. The Hall–Kier alpha value is -3.23. The van der Waals surface area contributed by atoms with Crippen LogP contribution in [0.15, 0.2) is 30.5 Å². The Labute approximate surface area is 166 Å². The van der Waals surface area contributed by atoms with Crippen LogP contribution in [0, 0.1) is 29.5 Å². The summed E-state index contributed by atoms with van der Waals surface area (Å²) in [6.07, 6.45) is 2.72. The van der Waals surface area contributed by atoms with Crippen molar-refractivity contribution >= 4 is 29.3 Å². The van der Waals surface area contributed by atoms with Crippen molar-refractivity contribution in [2.45, 2.75) is 18.9 Å². The lowest BCUT2D eigenvalue weighted by Gasteiger charge is -2.35. The average Bonchev–Trinajstić information content (AvgIpc) is 3.26. The number of benzene rings is 1. The van der Waals surface area contributed by atoms with E-state index in [0.717, 1.165) is 19.0 Å². The molecule has 2 amide bonds. The number of hydrogen-bond acceptors (Lipinski definition) is 6. The molecule has 8 nitrogen and oxygen atoms in total. The molecule has 1 aromatic carbocycles. The lowest BCUT2D eigenvalue weighted by molar-refractivity contribution is -0.123. The summed E-state index contributed by atoms with van der Waals surface area (Å²) >= 11 is 0. The zero-order chi connectivity index (χ0) is 20.1. The summed E-state index contributed by atoms with van der Waals surface area (Å²) in [6.45, 7) is 0.499. The first-order valence-electron chi connectivity index (χ1n) is 9.73. The summed E-state index contributed by atoms with van der Waals surface area (Å²) in [6, 6.07) is 6.64. The van der Waals surface area contributed by atoms with E-state index in [2.05, 4.69) is 25.9 Å². The van der Waals surface area contributed by atoms with Gasteiger partial charge < -0.3 is 21.7 Å². The normalized spacial score (nSPS) is 30.0. The summed E-state index contributed by atoms with van der Waals surface area (Å²) in [5, 5.41) is 9.13. The van der Waals surface area contributed by atoms with Gasteiger partial charge in [-0.15, -0.1) is 0 Å². The fourth-order valence-corrected chi connectivity index (χ4v) is 5.21. The van der Waals surface area contributed by atoms with E-state index in [0.29, 0.717) is 17.8 Å². The number of halogens is 1. The van der Waals surface area contributed by atoms with Crippen LogP contribution in [0.5, 0.6) is 0 Å². The van der Waals surface area contributed by atoms with E-state index in [1.54, 1.807) is 24.3 Å². The van der Waals surface area contributed by atoms with Crippen molar-refractivity contribution in [3.63, 3.8) is 0 Å². The molecular weight excluding hydrogens is 375 g/mol. The Kier molecular flexibility index (Phi) is 4.11. The third-order valence-corrected chi connectivity index (χ3v) is 6.42. The lowest BCUT2D eigenvalue weighted by Crippen LogP contribution is -2.47. The molecule has 9 heteroatoms. The molecule has 3 aliphatic rings. The van der Waals surface area contributed by atoms with E-state index in [1.165, 1.54) is 0 Å². The fourth-order valence-electron chi connectivity index (χ4n) is 5.21. The largest absolute Gasteiger partial charge is 0.369 e. The number of primary amides is 1. The van der Waals surface area contributed by atoms with Crippen LogP contribution in [0.4, 0.5) is 21.8 Å². The number of hydrogen-bond donors (Lipinski definition) is 4. The van der Waals surface area contributed by atoms with Crippen molar-refractivity contribution in [3.05, 3.63) is 41.8 Å². The molecular formula is C20H21FN6O2. The molecule has 1 unspecified atom stereocenters. The third-order valence-electron chi connectivity index (χ3n) is 6.42. The smallest absolute Gasteiger partial charge is 0.251 e. The number of anilines is 3. The van der Waals surface area contributed by atoms with Crippen molar-refractivity contribution in [3.8, 4) is 0 Å². The molecule has 0 saturated heterocycles. The van der Waals surface area contributed by atoms with Crippen molar-refractivity contribution in [2.75, 3.05) is 17.2 Å². The maximum Gasteiger partial charge on any atom is 0.251 e. The van der Waals surface area contributed by atoms with Crippen LogP contribution in [0.2, 0.25) is 0 Å². The highest BCUT2D eigenvalue weighted by Crippen LogP contribution is 2.52. The van der Waals surface area contributed by atoms with E-state index >= 15 is 0 Å². The molecule has 1 aliphatic heterocycles. The second kappa shape index (κ2) is 6.68. The Morgan fingerprint density at radius 2 is 2.10 bits per heavy atom. The van der Waals surface area contributed by atoms with Crippen molar-refractivity contribution in [1.29, 1.82) is 0 Å². The van der Waals surface area contributed by atoms with Crippen molar-refractivity contribution in [1.82, 2.24) is 15.3 Å². The zero-order valence-electron chi connectivity index (χ0n) is 15.6. The first-order chi connectivity index (χ1) is 14.0. The standard InChI is InChI=1S/C20H21FN6O2/c21-14-8-24-20-25-12-3-1-2-9(5-12)19(29)23-7-11-4-10-6-13(11)16(15(10)17(22)28)26-18(14)27-20/h1-3,5,8,10-11,13,15-16H,4,6-7H2,(H2,22,28)(H,23,29)(H2,24,25,26,27)/t10-,11?,13-,15+,16-/m1/s1. The molecule has 6 bridgehead atoms. The Morgan fingerprint density at radius 1 is 1.24 bits per heavy atom. The van der Waals surface area contributed by atoms with Gasteiger partial charge in [-0.3, -0.25) is 9.59 Å². The zero-order valence-corrected chi connectivity index (χ0v) is 15.6. The molecule has 150 valence electrons. The first-order valence-corrected chi connectivity index (χ1v) is 9.73. The van der Waals surface area contributed by atoms with Gasteiger partial charge in [0.1, 0.15) is 0 Å². The van der Waals surface area contributed by atoms with Gasteiger partial charge in [0, 0.05) is 23.8 Å². The van der Waals surface area contributed by atoms with Crippen molar-refractivity contribution in [2.24, 2.45) is 29.4 Å². The molecule has 1 aromatic heterocycles. The van der Waals surface area contributed by atoms with Gasteiger partial charge >= 0.3 is 0 Å². The van der Waals surface area contributed by atoms with Crippen LogP contribution in [-0.2, 0) is 4.79 Å². The molecule has 5 atom stereocenters. The van der Waals surface area contributed by atoms with Gasteiger partial charge in [-0.05, 0) is 48.8 Å². The molecule has 5 rings (SSSR count). The maximum absolute atomic E-state index is 14.4. The van der Waals surface area contributed by atoms with Crippen molar-refractivity contribution < 1.29 is 14.0 Å². The van der Waals surface area contributed by atoms with Gasteiger partial charge in [-0.25, -0.2) is 9.37 Å². The minimum Gasteiger partial charge on any atom is -0.369 e. The topological polar surface area (TPSA) is 122 Å². The van der Waals surface area contributed by atoms with Gasteiger partial charge in [-0.1, -0.05) is 6.07 Å². The lowest BCUT2D eigenvalue weighted by atomic mass is 9.77. The predicted molar refractivity (Wildman–Crippen MR) is 104 cm³/mol. The molecule has 29 heavy (non-hydrogen) atoms. The Morgan fingerprint density at radius 3 is 2.93 bits per heavy atom. The number of amides is 2. The first kappa shape index (κ1) is 17.8. The minimum absolute atomic E-state index is 0.0438. The quantitative estimate of drug-likeness (QED) is 0.581. The predicted octanol–water partition coefficient (Wildman–Crippen LogP) is 1.64.